The zero-order valence-electron chi connectivity index (χ0n) is 14.9. The van der Waals surface area contributed by atoms with Gasteiger partial charge in [-0.05, 0) is 25.7 Å². The summed E-state index contributed by atoms with van der Waals surface area (Å²) in [6.45, 7) is 3.14. The van der Waals surface area contributed by atoms with Crippen LogP contribution in [0.3, 0.4) is 0 Å². The van der Waals surface area contributed by atoms with Crippen LogP contribution in [0.2, 0.25) is 0 Å². The van der Waals surface area contributed by atoms with Crippen molar-refractivity contribution in [1.29, 1.82) is 0 Å². The number of rotatable bonds is 6. The minimum Gasteiger partial charge on any atom is -0.353 e. The Bertz CT molecular complexity index is 649. The molecule has 1 aromatic heterocycles. The summed E-state index contributed by atoms with van der Waals surface area (Å²) < 4.78 is 0.832. The van der Waals surface area contributed by atoms with Gasteiger partial charge in [-0.3, -0.25) is 9.59 Å². The third-order valence-electron chi connectivity index (χ3n) is 5.23. The lowest BCUT2D eigenvalue weighted by molar-refractivity contribution is -0.132. The standard InChI is InChI=1S/C17H25N5O2S2/c23-14(18-13-3-1-2-4-13)11-25-17-20-19-16(26-17)22-9-7-21(8-10-22)15(24)12-5-6-12/h12-13H,1-11H2,(H,18,23). The summed E-state index contributed by atoms with van der Waals surface area (Å²) in [5.41, 5.74) is 0. The molecule has 3 aliphatic rings. The highest BCUT2D eigenvalue weighted by Gasteiger charge is 2.34. The van der Waals surface area contributed by atoms with Crippen LogP contribution in [-0.4, -0.2) is 64.9 Å². The number of hydrogen-bond donors (Lipinski definition) is 1. The number of hydrogen-bond acceptors (Lipinski definition) is 7. The van der Waals surface area contributed by atoms with Crippen LogP contribution in [0.5, 0.6) is 0 Å². The summed E-state index contributed by atoms with van der Waals surface area (Å²) in [6.07, 6.45) is 6.77. The van der Waals surface area contributed by atoms with E-state index in [0.717, 1.165) is 61.3 Å². The third-order valence-corrected chi connectivity index (χ3v) is 7.35. The summed E-state index contributed by atoms with van der Waals surface area (Å²) in [7, 11) is 0. The lowest BCUT2D eigenvalue weighted by atomic mass is 10.2. The largest absolute Gasteiger partial charge is 0.353 e. The van der Waals surface area contributed by atoms with E-state index in [2.05, 4.69) is 20.4 Å². The van der Waals surface area contributed by atoms with Gasteiger partial charge in [0.2, 0.25) is 16.9 Å². The van der Waals surface area contributed by atoms with Crippen molar-refractivity contribution in [2.75, 3.05) is 36.8 Å². The topological polar surface area (TPSA) is 78.4 Å². The molecule has 2 saturated carbocycles. The Morgan fingerprint density at radius 2 is 1.81 bits per heavy atom. The molecule has 1 saturated heterocycles. The van der Waals surface area contributed by atoms with Gasteiger partial charge < -0.3 is 15.1 Å². The Kier molecular flexibility index (Phi) is 5.63. The Morgan fingerprint density at radius 3 is 2.50 bits per heavy atom. The first-order valence-corrected chi connectivity index (χ1v) is 11.3. The number of amides is 2. The first kappa shape index (κ1) is 18.0. The zero-order valence-corrected chi connectivity index (χ0v) is 16.5. The number of anilines is 1. The predicted octanol–water partition coefficient (Wildman–Crippen LogP) is 1.75. The molecule has 3 fully saturated rings. The summed E-state index contributed by atoms with van der Waals surface area (Å²) in [5, 5.41) is 12.5. The molecule has 142 valence electrons. The molecular weight excluding hydrogens is 370 g/mol. The average molecular weight is 396 g/mol. The molecule has 1 aromatic rings. The highest BCUT2D eigenvalue weighted by molar-refractivity contribution is 8.01. The molecule has 0 aromatic carbocycles. The molecule has 0 radical (unpaired) electrons. The van der Waals surface area contributed by atoms with Crippen molar-refractivity contribution < 1.29 is 9.59 Å². The second-order valence-electron chi connectivity index (χ2n) is 7.27. The Hall–Kier alpha value is -1.35. The summed E-state index contributed by atoms with van der Waals surface area (Å²) in [4.78, 5) is 28.3. The van der Waals surface area contributed by atoms with E-state index in [1.165, 1.54) is 35.9 Å². The first-order valence-electron chi connectivity index (χ1n) is 9.48. The van der Waals surface area contributed by atoms with Crippen molar-refractivity contribution in [3.05, 3.63) is 0 Å². The molecule has 0 spiro atoms. The second-order valence-corrected chi connectivity index (χ2v) is 9.45. The fraction of sp³-hybridized carbons (Fsp3) is 0.765. The van der Waals surface area contributed by atoms with Gasteiger partial charge in [0.1, 0.15) is 0 Å². The van der Waals surface area contributed by atoms with Crippen molar-refractivity contribution in [2.24, 2.45) is 5.92 Å². The molecule has 1 N–H and O–H groups in total. The van der Waals surface area contributed by atoms with E-state index in [9.17, 15) is 9.59 Å². The van der Waals surface area contributed by atoms with E-state index < -0.39 is 0 Å². The molecule has 4 rings (SSSR count). The van der Waals surface area contributed by atoms with E-state index in [1.807, 2.05) is 4.90 Å². The van der Waals surface area contributed by atoms with Crippen LogP contribution in [0.4, 0.5) is 5.13 Å². The lowest BCUT2D eigenvalue weighted by Crippen LogP contribution is -2.49. The van der Waals surface area contributed by atoms with Crippen LogP contribution in [0.15, 0.2) is 4.34 Å². The highest BCUT2D eigenvalue weighted by Crippen LogP contribution is 2.32. The maximum Gasteiger partial charge on any atom is 0.230 e. The maximum atomic E-state index is 12.1. The van der Waals surface area contributed by atoms with Crippen LogP contribution in [0, 0.1) is 5.92 Å². The molecule has 2 amide bonds. The van der Waals surface area contributed by atoms with Gasteiger partial charge >= 0.3 is 0 Å². The maximum absolute atomic E-state index is 12.1. The monoisotopic (exact) mass is 395 g/mol. The van der Waals surface area contributed by atoms with Gasteiger partial charge in [0.25, 0.3) is 0 Å². The minimum absolute atomic E-state index is 0.0888. The van der Waals surface area contributed by atoms with E-state index in [-0.39, 0.29) is 5.91 Å². The highest BCUT2D eigenvalue weighted by atomic mass is 32.2. The Labute approximate surface area is 161 Å². The number of nitrogens with one attached hydrogen (secondary N) is 1. The van der Waals surface area contributed by atoms with Gasteiger partial charge in [0, 0.05) is 38.1 Å². The molecule has 0 unspecified atom stereocenters. The third kappa shape index (κ3) is 4.49. The molecule has 0 bridgehead atoms. The van der Waals surface area contributed by atoms with Crippen molar-refractivity contribution in [2.45, 2.75) is 48.9 Å². The molecule has 2 aliphatic carbocycles. The molecule has 2 heterocycles. The summed E-state index contributed by atoms with van der Waals surface area (Å²) in [5.74, 6) is 1.10. The fourth-order valence-corrected chi connectivity index (χ4v) is 5.27. The smallest absolute Gasteiger partial charge is 0.230 e. The van der Waals surface area contributed by atoms with Gasteiger partial charge in [0.05, 0.1) is 5.75 Å². The van der Waals surface area contributed by atoms with Crippen LogP contribution in [0.1, 0.15) is 38.5 Å². The van der Waals surface area contributed by atoms with E-state index >= 15 is 0 Å². The van der Waals surface area contributed by atoms with E-state index in [0.29, 0.717) is 23.6 Å². The lowest BCUT2D eigenvalue weighted by Gasteiger charge is -2.34. The van der Waals surface area contributed by atoms with Gasteiger partial charge in [-0.2, -0.15) is 0 Å². The van der Waals surface area contributed by atoms with E-state index in [1.54, 1.807) is 0 Å². The number of thioether (sulfide) groups is 1. The summed E-state index contributed by atoms with van der Waals surface area (Å²) in [6, 6.07) is 0.364. The SMILES string of the molecule is O=C(CSc1nnc(N2CCN(C(=O)C3CC3)CC2)s1)NC1CCCC1. The minimum atomic E-state index is 0.0888. The first-order chi connectivity index (χ1) is 12.7. The number of carbonyl (C=O) groups excluding carboxylic acids is 2. The molecule has 26 heavy (non-hydrogen) atoms. The van der Waals surface area contributed by atoms with Crippen molar-refractivity contribution in [1.82, 2.24) is 20.4 Å². The van der Waals surface area contributed by atoms with Crippen molar-refractivity contribution in [3.63, 3.8) is 0 Å². The molecule has 1 aliphatic heterocycles. The van der Waals surface area contributed by atoms with E-state index in [4.69, 9.17) is 0 Å². The molecular formula is C17H25N5O2S2. The fourth-order valence-electron chi connectivity index (χ4n) is 3.56. The van der Waals surface area contributed by atoms with Gasteiger partial charge in [-0.25, -0.2) is 0 Å². The second kappa shape index (κ2) is 8.12. The number of piperazine rings is 1. The van der Waals surface area contributed by atoms with Crippen molar-refractivity contribution >= 4 is 40.0 Å². The normalized spacial score (nSPS) is 21.2. The Morgan fingerprint density at radius 1 is 1.08 bits per heavy atom. The van der Waals surface area contributed by atoms with Gasteiger partial charge in [-0.15, -0.1) is 10.2 Å². The zero-order chi connectivity index (χ0) is 17.9. The Balaban J connectivity index is 1.21. The number of aromatic nitrogens is 2. The van der Waals surface area contributed by atoms with Crippen LogP contribution in [0.25, 0.3) is 0 Å². The van der Waals surface area contributed by atoms with Crippen LogP contribution < -0.4 is 10.2 Å². The van der Waals surface area contributed by atoms with Crippen molar-refractivity contribution in [3.8, 4) is 0 Å². The van der Waals surface area contributed by atoms with Crippen LogP contribution >= 0.6 is 23.1 Å². The van der Waals surface area contributed by atoms with Gasteiger partial charge in [-0.1, -0.05) is 35.9 Å². The number of carbonyl (C=O) groups is 2. The van der Waals surface area contributed by atoms with Gasteiger partial charge in [0.15, 0.2) is 4.34 Å². The molecule has 7 nitrogen and oxygen atoms in total. The molecule has 9 heteroatoms. The number of nitrogens with zero attached hydrogens (tertiary/aromatic N) is 4. The average Bonchev–Trinajstić information content (AvgIpc) is 3.18. The molecule has 0 atom stereocenters. The quantitative estimate of drug-likeness (QED) is 0.740. The van der Waals surface area contributed by atoms with Crippen LogP contribution in [-0.2, 0) is 9.59 Å². The summed E-state index contributed by atoms with van der Waals surface area (Å²) >= 11 is 2.99. The predicted molar refractivity (Wildman–Crippen MR) is 103 cm³/mol.